The van der Waals surface area contributed by atoms with Crippen LogP contribution in [0.25, 0.3) is 22.6 Å². The number of fused-ring (bicyclic) bond motifs is 1. The molecule has 3 rings (SSSR count). The Hall–Kier alpha value is -3.83. The molecule has 0 radical (unpaired) electrons. The zero-order valence-corrected chi connectivity index (χ0v) is 16.1. The molecule has 0 aliphatic carbocycles. The number of carbonyl (C=O) groups is 1. The number of H-pyrrole nitrogens is 1. The second kappa shape index (κ2) is 7.89. The van der Waals surface area contributed by atoms with E-state index in [2.05, 4.69) is 20.3 Å². The second-order valence-electron chi connectivity index (χ2n) is 6.05. The standard InChI is InChI=1S/C18H17F3N6O3/c1-22-9-13(18(19,20)21)26(2)27-15-12(24-17(27)29)8-23-14(25-15)10-6-4-5-7-11(10)16(28)30-3/h4-9,22H,1-3H3,(H,24,29)/b13-9-. The largest absolute Gasteiger partial charge is 0.465 e. The first-order chi connectivity index (χ1) is 14.2. The lowest BCUT2D eigenvalue weighted by Gasteiger charge is -2.24. The van der Waals surface area contributed by atoms with Crippen LogP contribution in [0, 0.1) is 0 Å². The molecule has 2 aromatic heterocycles. The lowest BCUT2D eigenvalue weighted by Crippen LogP contribution is -2.42. The highest BCUT2D eigenvalue weighted by atomic mass is 19.4. The fourth-order valence-corrected chi connectivity index (χ4v) is 2.86. The van der Waals surface area contributed by atoms with E-state index in [1.165, 1.54) is 26.4 Å². The summed E-state index contributed by atoms with van der Waals surface area (Å²) in [5.41, 5.74) is -1.47. The van der Waals surface area contributed by atoms with Crippen LogP contribution in [-0.4, -0.2) is 53.0 Å². The zero-order valence-electron chi connectivity index (χ0n) is 16.1. The Balaban J connectivity index is 2.21. The summed E-state index contributed by atoms with van der Waals surface area (Å²) < 4.78 is 45.8. The first kappa shape index (κ1) is 20.9. The Morgan fingerprint density at radius 1 is 1.33 bits per heavy atom. The molecule has 1 aromatic carbocycles. The number of allylic oxidation sites excluding steroid dienone is 1. The third-order valence-electron chi connectivity index (χ3n) is 4.20. The molecule has 0 unspecified atom stereocenters. The van der Waals surface area contributed by atoms with E-state index < -0.39 is 23.5 Å². The Labute approximate surface area is 167 Å². The Morgan fingerprint density at radius 2 is 2.03 bits per heavy atom. The van der Waals surface area contributed by atoms with Crippen LogP contribution in [0.5, 0.6) is 0 Å². The third kappa shape index (κ3) is 3.71. The summed E-state index contributed by atoms with van der Waals surface area (Å²) in [7, 11) is 3.60. The van der Waals surface area contributed by atoms with E-state index in [4.69, 9.17) is 4.74 Å². The third-order valence-corrected chi connectivity index (χ3v) is 4.20. The number of imidazole rings is 1. The molecule has 3 aromatic rings. The molecular weight excluding hydrogens is 405 g/mol. The summed E-state index contributed by atoms with van der Waals surface area (Å²) in [6, 6.07) is 6.33. The van der Waals surface area contributed by atoms with Gasteiger partial charge in [-0.1, -0.05) is 18.2 Å². The van der Waals surface area contributed by atoms with Crippen LogP contribution in [0.2, 0.25) is 0 Å². The molecule has 9 nitrogen and oxygen atoms in total. The number of esters is 1. The van der Waals surface area contributed by atoms with E-state index in [1.54, 1.807) is 18.2 Å². The monoisotopic (exact) mass is 422 g/mol. The van der Waals surface area contributed by atoms with Crippen molar-refractivity contribution >= 4 is 17.1 Å². The molecule has 0 bridgehead atoms. The average molecular weight is 422 g/mol. The summed E-state index contributed by atoms with van der Waals surface area (Å²) in [5, 5.41) is 2.94. The van der Waals surface area contributed by atoms with Crippen LogP contribution in [0.1, 0.15) is 10.4 Å². The average Bonchev–Trinajstić information content (AvgIpc) is 3.05. The fourth-order valence-electron chi connectivity index (χ4n) is 2.86. The van der Waals surface area contributed by atoms with Gasteiger partial charge in [-0.2, -0.15) is 17.8 Å². The number of carbonyl (C=O) groups excluding carboxylic acids is 1. The van der Waals surface area contributed by atoms with Crippen molar-refractivity contribution in [1.29, 1.82) is 0 Å². The van der Waals surface area contributed by atoms with Gasteiger partial charge in [0.05, 0.1) is 18.9 Å². The molecule has 2 N–H and O–H groups in total. The molecule has 0 spiro atoms. The molecule has 0 aliphatic heterocycles. The molecule has 0 aliphatic rings. The van der Waals surface area contributed by atoms with Gasteiger partial charge in [0, 0.05) is 25.9 Å². The SMILES string of the molecule is CN/C=C(\N(C)n1c(=O)[nH]c2cnc(-c3ccccc3C(=O)OC)nc21)C(F)(F)F. The second-order valence-corrected chi connectivity index (χ2v) is 6.05. The summed E-state index contributed by atoms with van der Waals surface area (Å²) in [4.78, 5) is 35.2. The maximum absolute atomic E-state index is 13.4. The Morgan fingerprint density at radius 3 is 2.67 bits per heavy atom. The van der Waals surface area contributed by atoms with E-state index in [1.807, 2.05) is 0 Å². The molecular formula is C18H17F3N6O3. The lowest BCUT2D eigenvalue weighted by molar-refractivity contribution is -0.0952. The van der Waals surface area contributed by atoms with E-state index >= 15 is 0 Å². The first-order valence-corrected chi connectivity index (χ1v) is 8.53. The van der Waals surface area contributed by atoms with Crippen LogP contribution < -0.4 is 16.0 Å². The van der Waals surface area contributed by atoms with Crippen molar-refractivity contribution in [2.45, 2.75) is 6.18 Å². The topological polar surface area (TPSA) is 105 Å². The summed E-state index contributed by atoms with van der Waals surface area (Å²) in [6.07, 6.45) is -2.76. The van der Waals surface area contributed by atoms with Crippen molar-refractivity contribution in [3.05, 3.63) is 58.4 Å². The molecule has 0 atom stereocenters. The highest BCUT2D eigenvalue weighted by Crippen LogP contribution is 2.27. The van der Waals surface area contributed by atoms with Gasteiger partial charge in [-0.15, -0.1) is 0 Å². The van der Waals surface area contributed by atoms with Gasteiger partial charge < -0.3 is 15.0 Å². The van der Waals surface area contributed by atoms with Gasteiger partial charge in [0.15, 0.2) is 17.2 Å². The molecule has 158 valence electrons. The fraction of sp³-hybridized carbons (Fsp3) is 0.222. The first-order valence-electron chi connectivity index (χ1n) is 8.53. The predicted octanol–water partition coefficient (Wildman–Crippen LogP) is 1.76. The van der Waals surface area contributed by atoms with Crippen LogP contribution in [0.15, 0.2) is 47.2 Å². The molecule has 2 heterocycles. The number of aromatic nitrogens is 4. The number of nitrogens with zero attached hydrogens (tertiary/aromatic N) is 4. The highest BCUT2D eigenvalue weighted by molar-refractivity contribution is 5.96. The van der Waals surface area contributed by atoms with Gasteiger partial charge in [0.1, 0.15) is 5.52 Å². The summed E-state index contributed by atoms with van der Waals surface area (Å²) >= 11 is 0. The molecule has 0 saturated carbocycles. The number of ether oxygens (including phenoxy) is 1. The van der Waals surface area contributed by atoms with Crippen LogP contribution >= 0.6 is 0 Å². The number of hydrogen-bond donors (Lipinski definition) is 2. The summed E-state index contributed by atoms with van der Waals surface area (Å²) in [5.74, 6) is -0.593. The number of aromatic amines is 1. The van der Waals surface area contributed by atoms with E-state index in [9.17, 15) is 22.8 Å². The highest BCUT2D eigenvalue weighted by Gasteiger charge is 2.38. The number of rotatable bonds is 5. The Bertz CT molecular complexity index is 1180. The minimum atomic E-state index is -4.74. The van der Waals surface area contributed by atoms with Gasteiger partial charge in [0.25, 0.3) is 0 Å². The van der Waals surface area contributed by atoms with Gasteiger partial charge in [-0.05, 0) is 6.07 Å². The van der Waals surface area contributed by atoms with Crippen molar-refractivity contribution in [1.82, 2.24) is 24.9 Å². The van der Waals surface area contributed by atoms with Crippen molar-refractivity contribution in [3.8, 4) is 11.4 Å². The maximum Gasteiger partial charge on any atom is 0.434 e. The number of methoxy groups -OCH3 is 1. The van der Waals surface area contributed by atoms with Crippen LogP contribution in [0.3, 0.4) is 0 Å². The zero-order chi connectivity index (χ0) is 22.1. The van der Waals surface area contributed by atoms with Gasteiger partial charge in [-0.3, -0.25) is 5.01 Å². The molecule has 12 heteroatoms. The quantitative estimate of drug-likeness (QED) is 0.604. The molecule has 30 heavy (non-hydrogen) atoms. The van der Waals surface area contributed by atoms with E-state index in [0.717, 1.165) is 17.9 Å². The van der Waals surface area contributed by atoms with Crippen molar-refractivity contribution in [3.63, 3.8) is 0 Å². The van der Waals surface area contributed by atoms with Gasteiger partial charge in [0.2, 0.25) is 0 Å². The predicted molar refractivity (Wildman–Crippen MR) is 102 cm³/mol. The lowest BCUT2D eigenvalue weighted by atomic mass is 10.1. The van der Waals surface area contributed by atoms with Crippen molar-refractivity contribution in [2.24, 2.45) is 0 Å². The van der Waals surface area contributed by atoms with Crippen molar-refractivity contribution < 1.29 is 22.7 Å². The van der Waals surface area contributed by atoms with Crippen LogP contribution in [-0.2, 0) is 4.74 Å². The Kier molecular flexibility index (Phi) is 5.49. The molecule has 0 saturated heterocycles. The number of halogens is 3. The normalized spacial score (nSPS) is 12.1. The van der Waals surface area contributed by atoms with Crippen molar-refractivity contribution in [2.75, 3.05) is 26.2 Å². The number of hydrogen-bond acceptors (Lipinski definition) is 7. The van der Waals surface area contributed by atoms with Gasteiger partial charge >= 0.3 is 17.8 Å². The number of nitrogens with one attached hydrogen (secondary N) is 2. The van der Waals surface area contributed by atoms with Gasteiger partial charge in [-0.25, -0.2) is 19.6 Å². The van der Waals surface area contributed by atoms with E-state index in [0.29, 0.717) is 10.6 Å². The number of benzene rings is 1. The van der Waals surface area contributed by atoms with Crippen LogP contribution in [0.4, 0.5) is 13.2 Å². The molecule has 0 fully saturated rings. The number of alkyl halides is 3. The molecule has 0 amide bonds. The summed E-state index contributed by atoms with van der Waals surface area (Å²) in [6.45, 7) is 0. The minimum absolute atomic E-state index is 0.0378. The minimum Gasteiger partial charge on any atom is -0.465 e. The van der Waals surface area contributed by atoms with E-state index in [-0.39, 0.29) is 22.6 Å². The smallest absolute Gasteiger partial charge is 0.434 e. The maximum atomic E-state index is 13.4.